The van der Waals surface area contributed by atoms with E-state index in [0.29, 0.717) is 23.0 Å². The maximum atomic E-state index is 12.5. The molecule has 118 valence electrons. The SMILES string of the molecule is Cc1scnc1C(=O)Nc1nc(-c2ccccn2)nc2sccc12. The Balaban J connectivity index is 1.78. The molecule has 0 aromatic carbocycles. The fourth-order valence-corrected chi connectivity index (χ4v) is 3.59. The number of rotatable bonds is 3. The molecule has 0 saturated carbocycles. The molecule has 0 bridgehead atoms. The van der Waals surface area contributed by atoms with Crippen LogP contribution in [0, 0.1) is 6.92 Å². The van der Waals surface area contributed by atoms with Gasteiger partial charge in [0, 0.05) is 11.1 Å². The van der Waals surface area contributed by atoms with Crippen LogP contribution in [0.1, 0.15) is 15.4 Å². The number of hydrogen-bond donors (Lipinski definition) is 1. The van der Waals surface area contributed by atoms with E-state index >= 15 is 0 Å². The molecule has 24 heavy (non-hydrogen) atoms. The van der Waals surface area contributed by atoms with E-state index in [4.69, 9.17) is 0 Å². The van der Waals surface area contributed by atoms with Crippen LogP contribution < -0.4 is 5.32 Å². The van der Waals surface area contributed by atoms with Crippen molar-refractivity contribution in [3.63, 3.8) is 0 Å². The summed E-state index contributed by atoms with van der Waals surface area (Å²) in [4.78, 5) is 31.6. The highest BCUT2D eigenvalue weighted by Gasteiger charge is 2.17. The second-order valence-electron chi connectivity index (χ2n) is 4.96. The molecule has 4 aromatic heterocycles. The van der Waals surface area contributed by atoms with E-state index < -0.39 is 0 Å². The van der Waals surface area contributed by atoms with Gasteiger partial charge in [0.1, 0.15) is 22.0 Å². The van der Waals surface area contributed by atoms with E-state index in [1.54, 1.807) is 11.7 Å². The molecule has 0 radical (unpaired) electrons. The molecule has 6 nitrogen and oxygen atoms in total. The predicted molar refractivity (Wildman–Crippen MR) is 95.5 cm³/mol. The summed E-state index contributed by atoms with van der Waals surface area (Å²) in [6.45, 7) is 1.87. The Morgan fingerprint density at radius 2 is 2.04 bits per heavy atom. The average molecular weight is 353 g/mol. The van der Waals surface area contributed by atoms with Crippen molar-refractivity contribution < 1.29 is 4.79 Å². The quantitative estimate of drug-likeness (QED) is 0.606. The number of amides is 1. The lowest BCUT2D eigenvalue weighted by Gasteiger charge is -2.07. The van der Waals surface area contributed by atoms with Gasteiger partial charge in [-0.1, -0.05) is 6.07 Å². The van der Waals surface area contributed by atoms with E-state index in [-0.39, 0.29) is 5.91 Å². The van der Waals surface area contributed by atoms with Gasteiger partial charge in [0.2, 0.25) is 0 Å². The number of pyridine rings is 1. The van der Waals surface area contributed by atoms with Gasteiger partial charge in [0.15, 0.2) is 5.82 Å². The van der Waals surface area contributed by atoms with Crippen molar-refractivity contribution in [3.05, 3.63) is 51.9 Å². The third kappa shape index (κ3) is 2.66. The van der Waals surface area contributed by atoms with Gasteiger partial charge < -0.3 is 5.32 Å². The minimum Gasteiger partial charge on any atom is -0.305 e. The van der Waals surface area contributed by atoms with Gasteiger partial charge in [-0.25, -0.2) is 15.0 Å². The Bertz CT molecular complexity index is 1030. The largest absolute Gasteiger partial charge is 0.305 e. The van der Waals surface area contributed by atoms with Crippen LogP contribution in [0.25, 0.3) is 21.7 Å². The fourth-order valence-electron chi connectivity index (χ4n) is 2.25. The Morgan fingerprint density at radius 1 is 1.12 bits per heavy atom. The zero-order valence-electron chi connectivity index (χ0n) is 12.6. The van der Waals surface area contributed by atoms with Crippen LogP contribution in [-0.4, -0.2) is 25.8 Å². The molecule has 0 unspecified atom stereocenters. The molecule has 0 fully saturated rings. The number of thiazole rings is 1. The summed E-state index contributed by atoms with van der Waals surface area (Å²) in [6.07, 6.45) is 1.69. The molecule has 0 aliphatic rings. The number of thiophene rings is 1. The van der Waals surface area contributed by atoms with Gasteiger partial charge in [-0.15, -0.1) is 22.7 Å². The van der Waals surface area contributed by atoms with E-state index in [1.165, 1.54) is 22.7 Å². The minimum absolute atomic E-state index is 0.271. The Kier molecular flexibility index (Phi) is 3.75. The summed E-state index contributed by atoms with van der Waals surface area (Å²) in [5.41, 5.74) is 2.73. The number of aromatic nitrogens is 4. The summed E-state index contributed by atoms with van der Waals surface area (Å²) >= 11 is 2.93. The smallest absolute Gasteiger partial charge is 0.276 e. The van der Waals surface area contributed by atoms with Crippen molar-refractivity contribution in [1.29, 1.82) is 0 Å². The standard InChI is InChI=1S/C16H11N5OS2/c1-9-12(18-8-24-9)15(22)20-13-10-5-7-23-16(10)21-14(19-13)11-4-2-3-6-17-11/h2-8H,1H3,(H,19,20,21,22). The monoisotopic (exact) mass is 353 g/mol. The second kappa shape index (κ2) is 6.06. The number of nitrogens with zero attached hydrogens (tertiary/aromatic N) is 4. The van der Waals surface area contributed by atoms with Crippen LogP contribution in [-0.2, 0) is 0 Å². The van der Waals surface area contributed by atoms with E-state index in [2.05, 4.69) is 25.3 Å². The van der Waals surface area contributed by atoms with E-state index in [1.807, 2.05) is 36.6 Å². The van der Waals surface area contributed by atoms with Crippen molar-refractivity contribution in [2.75, 3.05) is 5.32 Å². The first kappa shape index (κ1) is 14.9. The number of carbonyl (C=O) groups excluding carboxylic acids is 1. The summed E-state index contributed by atoms with van der Waals surface area (Å²) in [5, 5.41) is 5.59. The molecule has 8 heteroatoms. The topological polar surface area (TPSA) is 80.7 Å². The predicted octanol–water partition coefficient (Wildman–Crippen LogP) is 3.77. The molecular weight excluding hydrogens is 342 g/mol. The number of fused-ring (bicyclic) bond motifs is 1. The molecule has 0 saturated heterocycles. The third-order valence-electron chi connectivity index (χ3n) is 3.41. The van der Waals surface area contributed by atoms with Crippen LogP contribution in [0.2, 0.25) is 0 Å². The first-order valence-electron chi connectivity index (χ1n) is 7.10. The molecule has 0 aliphatic heterocycles. The van der Waals surface area contributed by atoms with Crippen LogP contribution in [0.5, 0.6) is 0 Å². The summed E-state index contributed by atoms with van der Waals surface area (Å²) in [5.74, 6) is 0.682. The number of carbonyl (C=O) groups is 1. The van der Waals surface area contributed by atoms with Gasteiger partial charge in [-0.2, -0.15) is 0 Å². The average Bonchev–Trinajstić information content (AvgIpc) is 3.24. The van der Waals surface area contributed by atoms with Crippen molar-refractivity contribution in [1.82, 2.24) is 19.9 Å². The number of nitrogens with one attached hydrogen (secondary N) is 1. The molecule has 1 amide bonds. The van der Waals surface area contributed by atoms with Gasteiger partial charge in [0.25, 0.3) is 5.91 Å². The molecular formula is C16H11N5OS2. The molecule has 0 atom stereocenters. The molecule has 4 heterocycles. The van der Waals surface area contributed by atoms with Crippen molar-refractivity contribution >= 4 is 44.6 Å². The van der Waals surface area contributed by atoms with Gasteiger partial charge in [0.05, 0.1) is 10.9 Å². The van der Waals surface area contributed by atoms with Crippen molar-refractivity contribution in [3.8, 4) is 11.5 Å². The molecule has 4 rings (SSSR count). The maximum absolute atomic E-state index is 12.5. The van der Waals surface area contributed by atoms with Gasteiger partial charge >= 0.3 is 0 Å². The number of aryl methyl sites for hydroxylation is 1. The summed E-state index contributed by atoms with van der Waals surface area (Å²) in [6, 6.07) is 7.44. The highest BCUT2D eigenvalue weighted by Crippen LogP contribution is 2.28. The third-order valence-corrected chi connectivity index (χ3v) is 4.98. The second-order valence-corrected chi connectivity index (χ2v) is 6.91. The fraction of sp³-hybridized carbons (Fsp3) is 0.0625. The summed E-state index contributed by atoms with van der Waals surface area (Å²) < 4.78 is 0. The molecule has 0 aliphatic carbocycles. The lowest BCUT2D eigenvalue weighted by Crippen LogP contribution is -2.15. The minimum atomic E-state index is -0.271. The van der Waals surface area contributed by atoms with Crippen LogP contribution >= 0.6 is 22.7 Å². The van der Waals surface area contributed by atoms with Crippen LogP contribution in [0.3, 0.4) is 0 Å². The van der Waals surface area contributed by atoms with Crippen LogP contribution in [0.15, 0.2) is 41.4 Å². The van der Waals surface area contributed by atoms with Crippen LogP contribution in [0.4, 0.5) is 5.82 Å². The highest BCUT2D eigenvalue weighted by atomic mass is 32.1. The van der Waals surface area contributed by atoms with Gasteiger partial charge in [-0.3, -0.25) is 9.78 Å². The van der Waals surface area contributed by atoms with Crippen molar-refractivity contribution in [2.45, 2.75) is 6.92 Å². The maximum Gasteiger partial charge on any atom is 0.276 e. The Labute approximate surface area is 145 Å². The molecule has 0 spiro atoms. The summed E-state index contributed by atoms with van der Waals surface area (Å²) in [7, 11) is 0. The highest BCUT2D eigenvalue weighted by molar-refractivity contribution is 7.16. The van der Waals surface area contributed by atoms with E-state index in [9.17, 15) is 4.79 Å². The van der Waals surface area contributed by atoms with Crippen molar-refractivity contribution in [2.24, 2.45) is 0 Å². The zero-order valence-corrected chi connectivity index (χ0v) is 14.2. The number of hydrogen-bond acceptors (Lipinski definition) is 7. The Hall–Kier alpha value is -2.71. The Morgan fingerprint density at radius 3 is 2.79 bits per heavy atom. The normalized spacial score (nSPS) is 10.9. The lowest BCUT2D eigenvalue weighted by atomic mass is 10.3. The first-order chi connectivity index (χ1) is 11.7. The molecule has 4 aromatic rings. The number of anilines is 1. The zero-order chi connectivity index (χ0) is 16.5. The molecule has 1 N–H and O–H groups in total. The first-order valence-corrected chi connectivity index (χ1v) is 8.86. The van der Waals surface area contributed by atoms with E-state index in [0.717, 1.165) is 15.1 Å². The lowest BCUT2D eigenvalue weighted by molar-refractivity contribution is 0.102. The van der Waals surface area contributed by atoms with Gasteiger partial charge in [-0.05, 0) is 30.5 Å².